The minimum absolute atomic E-state index is 0.225. The highest BCUT2D eigenvalue weighted by Crippen LogP contribution is 2.31. The lowest BCUT2D eigenvalue weighted by Crippen LogP contribution is -2.62. The summed E-state index contributed by atoms with van der Waals surface area (Å²) in [6.07, 6.45) is -4.89. The van der Waals surface area contributed by atoms with E-state index in [1.165, 1.54) is 39.5 Å². The molecule has 1 aromatic rings. The van der Waals surface area contributed by atoms with Crippen LogP contribution in [0.2, 0.25) is 0 Å². The van der Waals surface area contributed by atoms with Gasteiger partial charge in [0.1, 0.15) is 18.8 Å². The lowest BCUT2D eigenvalue weighted by Gasteiger charge is -2.44. The molecule has 0 amide bonds. The molecule has 2 rings (SSSR count). The standard InChI is InChI=1S/C22H28O9S/c1-13(23)27-10-18-20(28-14(2)24)22(30-16(4)26)21(29-15(3)25)19(31-18)12-32-11-17-8-6-5-7-9-17/h5-9,18-22H,10-12H2,1-4H3/t18-,19+,20+,21+,22+/m1/s1. The highest BCUT2D eigenvalue weighted by atomic mass is 32.2. The second-order valence-corrected chi connectivity index (χ2v) is 8.27. The van der Waals surface area contributed by atoms with E-state index in [9.17, 15) is 19.2 Å². The molecule has 1 saturated heterocycles. The zero-order valence-electron chi connectivity index (χ0n) is 18.5. The Balaban J connectivity index is 2.28. The van der Waals surface area contributed by atoms with E-state index in [-0.39, 0.29) is 6.61 Å². The van der Waals surface area contributed by atoms with Gasteiger partial charge in [0, 0.05) is 39.2 Å². The predicted octanol–water partition coefficient (Wildman–Crippen LogP) is 2.05. The highest BCUT2D eigenvalue weighted by molar-refractivity contribution is 7.98. The quantitative estimate of drug-likeness (QED) is 0.394. The van der Waals surface area contributed by atoms with E-state index in [1.54, 1.807) is 0 Å². The molecule has 0 spiro atoms. The summed E-state index contributed by atoms with van der Waals surface area (Å²) in [5, 5.41) is 0. The van der Waals surface area contributed by atoms with Crippen LogP contribution < -0.4 is 0 Å². The average Bonchev–Trinajstić information content (AvgIpc) is 2.70. The summed E-state index contributed by atoms with van der Waals surface area (Å²) in [7, 11) is 0. The van der Waals surface area contributed by atoms with Crippen molar-refractivity contribution in [2.24, 2.45) is 0 Å². The Hall–Kier alpha value is -2.59. The number of esters is 4. The summed E-state index contributed by atoms with van der Waals surface area (Å²) in [6, 6.07) is 9.77. The fourth-order valence-corrected chi connectivity index (χ4v) is 4.37. The second-order valence-electron chi connectivity index (χ2n) is 7.24. The Morgan fingerprint density at radius 1 is 0.781 bits per heavy atom. The summed E-state index contributed by atoms with van der Waals surface area (Å²) >= 11 is 1.53. The van der Waals surface area contributed by atoms with Gasteiger partial charge in [-0.05, 0) is 5.56 Å². The van der Waals surface area contributed by atoms with Crippen molar-refractivity contribution in [2.45, 2.75) is 64.0 Å². The molecule has 1 heterocycles. The van der Waals surface area contributed by atoms with Crippen LogP contribution >= 0.6 is 11.8 Å². The monoisotopic (exact) mass is 468 g/mol. The zero-order valence-corrected chi connectivity index (χ0v) is 19.3. The van der Waals surface area contributed by atoms with Crippen LogP contribution in [0.15, 0.2) is 30.3 Å². The molecule has 1 fully saturated rings. The van der Waals surface area contributed by atoms with E-state index in [0.717, 1.165) is 5.56 Å². The van der Waals surface area contributed by atoms with E-state index in [1.807, 2.05) is 30.3 Å². The van der Waals surface area contributed by atoms with Crippen LogP contribution in [0.5, 0.6) is 0 Å². The molecule has 0 aromatic heterocycles. The van der Waals surface area contributed by atoms with Crippen LogP contribution in [0.25, 0.3) is 0 Å². The van der Waals surface area contributed by atoms with Gasteiger partial charge in [0.05, 0.1) is 0 Å². The Morgan fingerprint density at radius 2 is 1.31 bits per heavy atom. The number of carbonyl (C=O) groups excluding carboxylic acids is 4. The lowest BCUT2D eigenvalue weighted by molar-refractivity contribution is -0.248. The van der Waals surface area contributed by atoms with Crippen molar-refractivity contribution in [3.8, 4) is 0 Å². The maximum absolute atomic E-state index is 11.8. The van der Waals surface area contributed by atoms with Crippen LogP contribution in [-0.2, 0) is 48.6 Å². The van der Waals surface area contributed by atoms with Crippen LogP contribution in [0.3, 0.4) is 0 Å². The summed E-state index contributed by atoms with van der Waals surface area (Å²) in [5.74, 6) is -1.39. The first-order valence-electron chi connectivity index (χ1n) is 10.1. The molecule has 10 heteroatoms. The van der Waals surface area contributed by atoms with E-state index in [4.69, 9.17) is 23.7 Å². The van der Waals surface area contributed by atoms with Crippen LogP contribution in [-0.4, -0.2) is 66.8 Å². The maximum Gasteiger partial charge on any atom is 0.303 e. The third-order valence-corrected chi connectivity index (χ3v) is 5.58. The van der Waals surface area contributed by atoms with E-state index >= 15 is 0 Å². The molecule has 0 aliphatic carbocycles. The number of rotatable bonds is 9. The van der Waals surface area contributed by atoms with Crippen LogP contribution in [0.4, 0.5) is 0 Å². The Morgan fingerprint density at radius 3 is 1.84 bits per heavy atom. The van der Waals surface area contributed by atoms with Gasteiger partial charge in [-0.1, -0.05) is 30.3 Å². The molecule has 176 valence electrons. The fraction of sp³-hybridized carbons (Fsp3) is 0.545. The van der Waals surface area contributed by atoms with Gasteiger partial charge in [0.25, 0.3) is 0 Å². The molecule has 0 bridgehead atoms. The van der Waals surface area contributed by atoms with E-state index < -0.39 is 54.4 Å². The average molecular weight is 469 g/mol. The fourth-order valence-electron chi connectivity index (χ4n) is 3.32. The normalized spacial score (nSPS) is 24.8. The van der Waals surface area contributed by atoms with Crippen LogP contribution in [0.1, 0.15) is 33.3 Å². The number of benzene rings is 1. The number of ether oxygens (including phenoxy) is 5. The third-order valence-electron chi connectivity index (χ3n) is 4.48. The molecule has 0 unspecified atom stereocenters. The van der Waals surface area contributed by atoms with E-state index in [0.29, 0.717) is 11.5 Å². The molecule has 1 aliphatic heterocycles. The largest absolute Gasteiger partial charge is 0.463 e. The molecule has 0 saturated carbocycles. The molecule has 5 atom stereocenters. The van der Waals surface area contributed by atoms with Crippen molar-refractivity contribution >= 4 is 35.6 Å². The number of carbonyl (C=O) groups is 4. The predicted molar refractivity (Wildman–Crippen MR) is 115 cm³/mol. The third kappa shape index (κ3) is 8.16. The summed E-state index contributed by atoms with van der Waals surface area (Å²) in [5.41, 5.74) is 1.10. The molecular weight excluding hydrogens is 440 g/mol. The minimum Gasteiger partial charge on any atom is -0.463 e. The van der Waals surface area contributed by atoms with Crippen molar-refractivity contribution in [2.75, 3.05) is 12.4 Å². The second kappa shape index (κ2) is 12.4. The maximum atomic E-state index is 11.8. The molecule has 0 radical (unpaired) electrons. The number of thioether (sulfide) groups is 1. The molecule has 9 nitrogen and oxygen atoms in total. The summed E-state index contributed by atoms with van der Waals surface area (Å²) in [6.45, 7) is 4.63. The van der Waals surface area contributed by atoms with Crippen LogP contribution in [0, 0.1) is 0 Å². The molecule has 0 N–H and O–H groups in total. The summed E-state index contributed by atoms with van der Waals surface area (Å²) < 4.78 is 27.4. The van der Waals surface area contributed by atoms with Crippen molar-refractivity contribution < 1.29 is 42.9 Å². The SMILES string of the molecule is CC(=O)OC[C@H]1O[C@@H](CSCc2ccccc2)[C@H](OC(C)=O)[C@@H](OC(C)=O)[C@H]1OC(C)=O. The first-order valence-corrected chi connectivity index (χ1v) is 11.2. The Bertz CT molecular complexity index is 798. The highest BCUT2D eigenvalue weighted by Gasteiger charge is 2.51. The van der Waals surface area contributed by atoms with Gasteiger partial charge in [-0.2, -0.15) is 11.8 Å². The van der Waals surface area contributed by atoms with Gasteiger partial charge in [-0.25, -0.2) is 0 Å². The van der Waals surface area contributed by atoms with Gasteiger partial charge in [-0.15, -0.1) is 0 Å². The number of hydrogen-bond donors (Lipinski definition) is 0. The van der Waals surface area contributed by atoms with Gasteiger partial charge < -0.3 is 23.7 Å². The van der Waals surface area contributed by atoms with Gasteiger partial charge in [0.2, 0.25) is 0 Å². The molecule has 32 heavy (non-hydrogen) atoms. The van der Waals surface area contributed by atoms with Gasteiger partial charge in [0.15, 0.2) is 18.3 Å². The smallest absolute Gasteiger partial charge is 0.303 e. The van der Waals surface area contributed by atoms with Crippen molar-refractivity contribution in [3.05, 3.63) is 35.9 Å². The van der Waals surface area contributed by atoms with Crippen molar-refractivity contribution in [3.63, 3.8) is 0 Å². The molecule has 1 aromatic carbocycles. The lowest BCUT2D eigenvalue weighted by atomic mass is 9.95. The van der Waals surface area contributed by atoms with Gasteiger partial charge >= 0.3 is 23.9 Å². The Labute approximate surface area is 191 Å². The first-order chi connectivity index (χ1) is 15.2. The van der Waals surface area contributed by atoms with Crippen molar-refractivity contribution in [1.82, 2.24) is 0 Å². The van der Waals surface area contributed by atoms with E-state index in [2.05, 4.69) is 0 Å². The summed E-state index contributed by atoms with van der Waals surface area (Å²) in [4.78, 5) is 46.7. The van der Waals surface area contributed by atoms with Gasteiger partial charge in [-0.3, -0.25) is 19.2 Å². The number of hydrogen-bond acceptors (Lipinski definition) is 10. The van der Waals surface area contributed by atoms with Crippen molar-refractivity contribution in [1.29, 1.82) is 0 Å². The molecular formula is C22H28O9S. The molecule has 1 aliphatic rings. The topological polar surface area (TPSA) is 114 Å². The Kier molecular flexibility index (Phi) is 9.98. The minimum atomic E-state index is -1.13. The zero-order chi connectivity index (χ0) is 23.7. The first kappa shape index (κ1) is 25.7.